The van der Waals surface area contributed by atoms with E-state index in [2.05, 4.69) is 39.5 Å². The van der Waals surface area contributed by atoms with Crippen LogP contribution in [0.4, 0.5) is 0 Å². The van der Waals surface area contributed by atoms with E-state index in [1.165, 1.54) is 6.42 Å². The summed E-state index contributed by atoms with van der Waals surface area (Å²) in [6.07, 6.45) is 3.16. The van der Waals surface area contributed by atoms with Crippen molar-refractivity contribution in [2.75, 3.05) is 0 Å². The average molecular weight is 195 g/mol. The summed E-state index contributed by atoms with van der Waals surface area (Å²) >= 11 is 0. The molecule has 82 valence electrons. The molecule has 0 aliphatic rings. The average Bonchev–Trinajstić information content (AvgIpc) is 1.96. The predicted octanol–water partition coefficient (Wildman–Crippen LogP) is 3.19. The van der Waals surface area contributed by atoms with Gasteiger partial charge in [0.05, 0.1) is 0 Å². The van der Waals surface area contributed by atoms with E-state index >= 15 is 0 Å². The zero-order chi connectivity index (χ0) is 11.2. The molecule has 0 aromatic carbocycles. The van der Waals surface area contributed by atoms with Crippen LogP contribution in [0.15, 0.2) is 0 Å². The van der Waals surface area contributed by atoms with Crippen LogP contribution >= 0.6 is 0 Å². The molecule has 0 saturated heterocycles. The smallest absolute Gasteiger partial charge is 0.0241 e. The van der Waals surface area contributed by atoms with Crippen LogP contribution in [-0.4, -0.2) is 6.04 Å². The third-order valence-corrected chi connectivity index (χ3v) is 2.21. The van der Waals surface area contributed by atoms with E-state index in [1.54, 1.807) is 0 Å². The molecule has 0 amide bonds. The number of hydrogen-bond donors (Lipinski definition) is 1. The van der Waals surface area contributed by atoms with E-state index in [9.17, 15) is 0 Å². The first-order valence-corrected chi connectivity index (χ1v) is 5.50. The second-order valence-electron chi connectivity index (χ2n) is 5.50. The Morgan fingerprint density at radius 1 is 1.29 bits per heavy atom. The van der Waals surface area contributed by atoms with Crippen molar-refractivity contribution >= 4 is 0 Å². The SMILES string of the molecule is CC#CCC(N)CC(C)CC(C)(C)C. The molecule has 0 aromatic heterocycles. The van der Waals surface area contributed by atoms with Crippen LogP contribution in [0, 0.1) is 23.2 Å². The van der Waals surface area contributed by atoms with Crippen molar-refractivity contribution < 1.29 is 0 Å². The van der Waals surface area contributed by atoms with Crippen molar-refractivity contribution in [2.45, 2.75) is 59.9 Å². The Morgan fingerprint density at radius 3 is 2.29 bits per heavy atom. The summed E-state index contributed by atoms with van der Waals surface area (Å²) < 4.78 is 0. The monoisotopic (exact) mass is 195 g/mol. The van der Waals surface area contributed by atoms with Gasteiger partial charge in [0.1, 0.15) is 0 Å². The molecule has 1 nitrogen and oxygen atoms in total. The quantitative estimate of drug-likeness (QED) is 0.685. The van der Waals surface area contributed by atoms with Gasteiger partial charge in [-0.1, -0.05) is 27.7 Å². The van der Waals surface area contributed by atoms with E-state index in [-0.39, 0.29) is 6.04 Å². The highest BCUT2D eigenvalue weighted by molar-refractivity contribution is 4.97. The van der Waals surface area contributed by atoms with Crippen LogP contribution in [0.1, 0.15) is 53.9 Å². The van der Waals surface area contributed by atoms with Crippen LogP contribution in [0.5, 0.6) is 0 Å². The minimum Gasteiger partial charge on any atom is -0.327 e. The molecule has 0 aliphatic heterocycles. The first kappa shape index (κ1) is 13.5. The van der Waals surface area contributed by atoms with Gasteiger partial charge < -0.3 is 5.73 Å². The second-order valence-corrected chi connectivity index (χ2v) is 5.50. The molecule has 14 heavy (non-hydrogen) atoms. The van der Waals surface area contributed by atoms with Crippen LogP contribution in [0.25, 0.3) is 0 Å². The summed E-state index contributed by atoms with van der Waals surface area (Å²) in [5.74, 6) is 6.63. The molecular formula is C13H25N. The summed E-state index contributed by atoms with van der Waals surface area (Å²) in [6, 6.07) is 0.250. The van der Waals surface area contributed by atoms with Gasteiger partial charge >= 0.3 is 0 Å². The Bertz CT molecular complexity index is 202. The van der Waals surface area contributed by atoms with Gasteiger partial charge in [-0.25, -0.2) is 0 Å². The summed E-state index contributed by atoms with van der Waals surface area (Å²) in [5.41, 5.74) is 6.39. The van der Waals surface area contributed by atoms with Crippen LogP contribution in [-0.2, 0) is 0 Å². The van der Waals surface area contributed by atoms with Gasteiger partial charge in [-0.15, -0.1) is 11.8 Å². The molecule has 1 heteroatoms. The zero-order valence-corrected chi connectivity index (χ0v) is 10.4. The highest BCUT2D eigenvalue weighted by atomic mass is 14.6. The first-order valence-electron chi connectivity index (χ1n) is 5.50. The molecule has 0 radical (unpaired) electrons. The standard InChI is InChI=1S/C13H25N/c1-6-7-8-12(14)9-11(2)10-13(3,4)5/h11-12H,8-10,14H2,1-5H3. The zero-order valence-electron chi connectivity index (χ0n) is 10.4. The molecule has 0 fully saturated rings. The van der Waals surface area contributed by atoms with Gasteiger partial charge in [-0.3, -0.25) is 0 Å². The van der Waals surface area contributed by atoms with E-state index in [0.29, 0.717) is 11.3 Å². The maximum absolute atomic E-state index is 5.98. The first-order chi connectivity index (χ1) is 6.35. The molecule has 2 unspecified atom stereocenters. The van der Waals surface area contributed by atoms with Gasteiger partial charge in [0.15, 0.2) is 0 Å². The fourth-order valence-corrected chi connectivity index (χ4v) is 1.96. The lowest BCUT2D eigenvalue weighted by Gasteiger charge is -2.24. The maximum Gasteiger partial charge on any atom is 0.0241 e. The Kier molecular flexibility index (Phi) is 5.88. The van der Waals surface area contributed by atoms with Gasteiger partial charge in [0.25, 0.3) is 0 Å². The van der Waals surface area contributed by atoms with E-state index in [4.69, 9.17) is 5.73 Å². The van der Waals surface area contributed by atoms with Gasteiger partial charge in [-0.05, 0) is 31.1 Å². The Hall–Kier alpha value is -0.480. The van der Waals surface area contributed by atoms with Gasteiger partial charge in [-0.2, -0.15) is 0 Å². The number of rotatable bonds is 4. The van der Waals surface area contributed by atoms with E-state index < -0.39 is 0 Å². The van der Waals surface area contributed by atoms with Crippen molar-refractivity contribution in [2.24, 2.45) is 17.1 Å². The molecule has 2 atom stereocenters. The van der Waals surface area contributed by atoms with Crippen LogP contribution < -0.4 is 5.73 Å². The molecule has 0 aromatic rings. The molecule has 0 rings (SSSR count). The van der Waals surface area contributed by atoms with Crippen molar-refractivity contribution in [3.63, 3.8) is 0 Å². The van der Waals surface area contributed by atoms with Crippen molar-refractivity contribution in [1.82, 2.24) is 0 Å². The molecular weight excluding hydrogens is 170 g/mol. The van der Waals surface area contributed by atoms with Gasteiger partial charge in [0, 0.05) is 12.5 Å². The molecule has 0 saturated carbocycles. The van der Waals surface area contributed by atoms with Crippen LogP contribution in [0.2, 0.25) is 0 Å². The van der Waals surface area contributed by atoms with Crippen molar-refractivity contribution in [3.8, 4) is 11.8 Å². The summed E-state index contributed by atoms with van der Waals surface area (Å²) in [4.78, 5) is 0. The Labute approximate surface area is 89.5 Å². The van der Waals surface area contributed by atoms with Gasteiger partial charge in [0.2, 0.25) is 0 Å². The predicted molar refractivity (Wildman–Crippen MR) is 63.9 cm³/mol. The molecule has 0 bridgehead atoms. The summed E-state index contributed by atoms with van der Waals surface area (Å²) in [5, 5.41) is 0. The molecule has 2 N–H and O–H groups in total. The highest BCUT2D eigenvalue weighted by Gasteiger charge is 2.16. The fraction of sp³-hybridized carbons (Fsp3) is 0.846. The van der Waals surface area contributed by atoms with E-state index in [1.807, 2.05) is 6.92 Å². The highest BCUT2D eigenvalue weighted by Crippen LogP contribution is 2.26. The topological polar surface area (TPSA) is 26.0 Å². The van der Waals surface area contributed by atoms with Crippen molar-refractivity contribution in [3.05, 3.63) is 0 Å². The summed E-state index contributed by atoms with van der Waals surface area (Å²) in [6.45, 7) is 11.0. The number of nitrogens with two attached hydrogens (primary N) is 1. The second kappa shape index (κ2) is 6.09. The van der Waals surface area contributed by atoms with Crippen molar-refractivity contribution in [1.29, 1.82) is 0 Å². The molecule has 0 spiro atoms. The third kappa shape index (κ3) is 8.13. The Balaban J connectivity index is 3.80. The molecule has 0 aliphatic carbocycles. The minimum absolute atomic E-state index is 0.250. The lowest BCUT2D eigenvalue weighted by atomic mass is 9.83. The minimum atomic E-state index is 0.250. The lowest BCUT2D eigenvalue weighted by Crippen LogP contribution is -2.24. The normalized spacial score (nSPS) is 15.6. The third-order valence-electron chi connectivity index (χ3n) is 2.21. The Morgan fingerprint density at radius 2 is 1.86 bits per heavy atom. The number of hydrogen-bond acceptors (Lipinski definition) is 1. The summed E-state index contributed by atoms with van der Waals surface area (Å²) in [7, 11) is 0. The largest absolute Gasteiger partial charge is 0.327 e. The maximum atomic E-state index is 5.98. The van der Waals surface area contributed by atoms with E-state index in [0.717, 1.165) is 12.8 Å². The lowest BCUT2D eigenvalue weighted by molar-refractivity contribution is 0.286. The fourth-order valence-electron chi connectivity index (χ4n) is 1.96. The molecule has 0 heterocycles. The van der Waals surface area contributed by atoms with Crippen LogP contribution in [0.3, 0.4) is 0 Å².